The molecule has 118 valence electrons. The second kappa shape index (κ2) is 6.84. The van der Waals surface area contributed by atoms with Crippen LogP contribution in [0, 0.1) is 5.92 Å². The lowest BCUT2D eigenvalue weighted by Gasteiger charge is -2.31. The Morgan fingerprint density at radius 3 is 2.43 bits per heavy atom. The lowest BCUT2D eigenvalue weighted by Crippen LogP contribution is -2.38. The Morgan fingerprint density at radius 2 is 1.90 bits per heavy atom. The zero-order chi connectivity index (χ0) is 15.6. The van der Waals surface area contributed by atoms with E-state index in [4.69, 9.17) is 23.2 Å². The van der Waals surface area contributed by atoms with E-state index in [9.17, 15) is 13.5 Å². The molecule has 7 heteroatoms. The van der Waals surface area contributed by atoms with Gasteiger partial charge in [-0.25, -0.2) is 8.42 Å². The number of halogens is 2. The van der Waals surface area contributed by atoms with Crippen LogP contribution in [0.3, 0.4) is 0 Å². The highest BCUT2D eigenvalue weighted by molar-refractivity contribution is 7.89. The highest BCUT2D eigenvalue weighted by Crippen LogP contribution is 2.34. The molecule has 1 heterocycles. The predicted octanol–water partition coefficient (Wildman–Crippen LogP) is 3.30. The number of sulfonamides is 1. The quantitative estimate of drug-likeness (QED) is 0.905. The van der Waals surface area contributed by atoms with Crippen LogP contribution in [0.15, 0.2) is 17.0 Å². The first kappa shape index (κ1) is 17.0. The number of rotatable bonds is 4. The Balaban J connectivity index is 2.33. The normalized spacial score (nSPS) is 18.1. The molecule has 0 bridgehead atoms. The molecular formula is C14H19Cl2NO3S. The van der Waals surface area contributed by atoms with Crippen LogP contribution in [0.4, 0.5) is 0 Å². The molecule has 1 aromatic carbocycles. The number of benzene rings is 1. The summed E-state index contributed by atoms with van der Waals surface area (Å²) >= 11 is 12.0. The van der Waals surface area contributed by atoms with Crippen molar-refractivity contribution >= 4 is 33.2 Å². The van der Waals surface area contributed by atoms with E-state index in [0.717, 1.165) is 19.3 Å². The second-order valence-corrected chi connectivity index (χ2v) is 7.94. The third kappa shape index (κ3) is 3.37. The summed E-state index contributed by atoms with van der Waals surface area (Å²) in [4.78, 5) is 0.0209. The van der Waals surface area contributed by atoms with Gasteiger partial charge in [-0.2, -0.15) is 4.31 Å². The molecular weight excluding hydrogens is 333 g/mol. The fraction of sp³-hybridized carbons (Fsp3) is 0.571. The van der Waals surface area contributed by atoms with E-state index in [1.54, 1.807) is 0 Å². The van der Waals surface area contributed by atoms with Crippen LogP contribution in [0.25, 0.3) is 0 Å². The van der Waals surface area contributed by atoms with Gasteiger partial charge in [0.25, 0.3) is 0 Å². The predicted molar refractivity (Wildman–Crippen MR) is 84.2 cm³/mol. The molecule has 1 saturated heterocycles. The molecule has 0 aliphatic carbocycles. The molecule has 0 unspecified atom stereocenters. The smallest absolute Gasteiger partial charge is 0.244 e. The van der Waals surface area contributed by atoms with Gasteiger partial charge in [-0.1, -0.05) is 36.5 Å². The van der Waals surface area contributed by atoms with Crippen molar-refractivity contribution in [2.24, 2.45) is 5.92 Å². The maximum absolute atomic E-state index is 12.7. The van der Waals surface area contributed by atoms with Crippen molar-refractivity contribution in [3.05, 3.63) is 27.7 Å². The third-order valence-electron chi connectivity index (χ3n) is 4.08. The van der Waals surface area contributed by atoms with Crippen molar-refractivity contribution < 1.29 is 13.5 Å². The molecule has 1 fully saturated rings. The Labute approximate surface area is 135 Å². The summed E-state index contributed by atoms with van der Waals surface area (Å²) in [7, 11) is -3.64. The summed E-state index contributed by atoms with van der Waals surface area (Å²) in [5, 5.41) is 9.57. The standard InChI is InChI=1S/C14H19Cl2NO3S/c1-2-10-5-7-17(8-6-10)21(19,20)13-4-3-12(15)11(9-18)14(13)16/h3-4,10,18H,2,5-9H2,1H3. The minimum atomic E-state index is -3.64. The van der Waals surface area contributed by atoms with E-state index in [1.807, 2.05) is 0 Å². The maximum Gasteiger partial charge on any atom is 0.244 e. The summed E-state index contributed by atoms with van der Waals surface area (Å²) in [6.45, 7) is 2.75. The van der Waals surface area contributed by atoms with Gasteiger partial charge in [0.15, 0.2) is 0 Å². The van der Waals surface area contributed by atoms with Gasteiger partial charge in [-0.05, 0) is 30.9 Å². The van der Waals surface area contributed by atoms with Gasteiger partial charge in [0.05, 0.1) is 11.6 Å². The molecule has 0 atom stereocenters. The number of aliphatic hydroxyl groups excluding tert-OH is 1. The number of hydrogen-bond donors (Lipinski definition) is 1. The molecule has 0 amide bonds. The highest BCUT2D eigenvalue weighted by Gasteiger charge is 2.31. The Hall–Kier alpha value is -0.330. The molecule has 0 saturated carbocycles. The van der Waals surface area contributed by atoms with Gasteiger partial charge in [0, 0.05) is 23.7 Å². The van der Waals surface area contributed by atoms with Crippen LogP contribution in [-0.2, 0) is 16.6 Å². The molecule has 4 nitrogen and oxygen atoms in total. The molecule has 0 radical (unpaired) electrons. The molecule has 1 N–H and O–H groups in total. The Morgan fingerprint density at radius 1 is 1.29 bits per heavy atom. The number of aliphatic hydroxyl groups is 1. The minimum Gasteiger partial charge on any atom is -0.392 e. The maximum atomic E-state index is 12.7. The molecule has 21 heavy (non-hydrogen) atoms. The fourth-order valence-corrected chi connectivity index (χ4v) is 4.96. The van der Waals surface area contributed by atoms with Crippen LogP contribution < -0.4 is 0 Å². The van der Waals surface area contributed by atoms with E-state index >= 15 is 0 Å². The van der Waals surface area contributed by atoms with Crippen LogP contribution in [0.1, 0.15) is 31.7 Å². The van der Waals surface area contributed by atoms with E-state index in [1.165, 1.54) is 16.4 Å². The highest BCUT2D eigenvalue weighted by atomic mass is 35.5. The summed E-state index contributed by atoms with van der Waals surface area (Å²) in [5.74, 6) is 0.588. The lowest BCUT2D eigenvalue weighted by atomic mass is 9.96. The summed E-state index contributed by atoms with van der Waals surface area (Å²) in [6.07, 6.45) is 2.81. The van der Waals surface area contributed by atoms with E-state index in [2.05, 4.69) is 6.92 Å². The van der Waals surface area contributed by atoms with Crippen LogP contribution in [0.5, 0.6) is 0 Å². The summed E-state index contributed by atoms with van der Waals surface area (Å²) < 4.78 is 26.9. The number of hydrogen-bond acceptors (Lipinski definition) is 3. The monoisotopic (exact) mass is 351 g/mol. The first-order valence-corrected chi connectivity index (χ1v) is 9.19. The molecule has 0 aromatic heterocycles. The molecule has 1 aliphatic heterocycles. The van der Waals surface area contributed by atoms with Crippen molar-refractivity contribution in [3.8, 4) is 0 Å². The number of nitrogens with zero attached hydrogens (tertiary/aromatic N) is 1. The molecule has 0 spiro atoms. The first-order valence-electron chi connectivity index (χ1n) is 6.99. The first-order chi connectivity index (χ1) is 9.91. The van der Waals surface area contributed by atoms with Crippen molar-refractivity contribution in [1.82, 2.24) is 4.31 Å². The zero-order valence-corrected chi connectivity index (χ0v) is 14.2. The molecule has 2 rings (SSSR count). The number of piperidine rings is 1. The van der Waals surface area contributed by atoms with E-state index in [0.29, 0.717) is 19.0 Å². The Bertz CT molecular complexity index is 611. The average molecular weight is 352 g/mol. The van der Waals surface area contributed by atoms with Gasteiger partial charge >= 0.3 is 0 Å². The van der Waals surface area contributed by atoms with E-state index < -0.39 is 10.0 Å². The summed E-state index contributed by atoms with van der Waals surface area (Å²) in [6, 6.07) is 2.87. The molecule has 1 aromatic rings. The average Bonchev–Trinajstić information content (AvgIpc) is 2.47. The van der Waals surface area contributed by atoms with Crippen LogP contribution >= 0.6 is 23.2 Å². The van der Waals surface area contributed by atoms with E-state index in [-0.39, 0.29) is 27.1 Å². The zero-order valence-electron chi connectivity index (χ0n) is 11.8. The lowest BCUT2D eigenvalue weighted by molar-refractivity contribution is 0.268. The van der Waals surface area contributed by atoms with Gasteiger partial charge < -0.3 is 5.11 Å². The topological polar surface area (TPSA) is 57.6 Å². The van der Waals surface area contributed by atoms with Crippen LogP contribution in [0.2, 0.25) is 10.0 Å². The fourth-order valence-electron chi connectivity index (χ4n) is 2.62. The van der Waals surface area contributed by atoms with Gasteiger partial charge in [0.2, 0.25) is 10.0 Å². The third-order valence-corrected chi connectivity index (χ3v) is 6.92. The molecule has 1 aliphatic rings. The van der Waals surface area contributed by atoms with Crippen molar-refractivity contribution in [2.45, 2.75) is 37.7 Å². The van der Waals surface area contributed by atoms with Gasteiger partial charge in [-0.15, -0.1) is 0 Å². The summed E-state index contributed by atoms with van der Waals surface area (Å²) in [5.41, 5.74) is 0.253. The van der Waals surface area contributed by atoms with Crippen LogP contribution in [-0.4, -0.2) is 30.9 Å². The minimum absolute atomic E-state index is 0.0163. The van der Waals surface area contributed by atoms with Gasteiger partial charge in [-0.3, -0.25) is 0 Å². The second-order valence-electron chi connectivity index (χ2n) is 5.25. The van der Waals surface area contributed by atoms with Crippen molar-refractivity contribution in [2.75, 3.05) is 13.1 Å². The largest absolute Gasteiger partial charge is 0.392 e. The van der Waals surface area contributed by atoms with Crippen molar-refractivity contribution in [3.63, 3.8) is 0 Å². The van der Waals surface area contributed by atoms with Crippen molar-refractivity contribution in [1.29, 1.82) is 0 Å². The Kier molecular flexibility index (Phi) is 5.54. The van der Waals surface area contributed by atoms with Gasteiger partial charge in [0.1, 0.15) is 4.90 Å². The SMILES string of the molecule is CCC1CCN(S(=O)(=O)c2ccc(Cl)c(CO)c2Cl)CC1.